The lowest BCUT2D eigenvalue weighted by atomic mass is 10.2. The molecule has 0 aliphatic carbocycles. The lowest BCUT2D eigenvalue weighted by Crippen LogP contribution is -2.13. The standard InChI is InChI=1S/C15H11Cl2FN4O/c16-3-4-22-9-10(8-20-22)5-11(7-19)15(23)21-12-1-2-14(18)13(17)6-12/h1-2,5-6,8-9H,3-4H2,(H,21,23)/b11-5-. The van der Waals surface area contributed by atoms with Crippen molar-refractivity contribution in [3.63, 3.8) is 0 Å². The van der Waals surface area contributed by atoms with E-state index < -0.39 is 11.7 Å². The molecular weight excluding hydrogens is 342 g/mol. The van der Waals surface area contributed by atoms with E-state index in [1.807, 2.05) is 6.07 Å². The number of hydrogen-bond donors (Lipinski definition) is 1. The summed E-state index contributed by atoms with van der Waals surface area (Å²) in [5, 5.41) is 15.5. The third-order valence-corrected chi connectivity index (χ3v) is 3.28. The van der Waals surface area contributed by atoms with E-state index >= 15 is 0 Å². The van der Waals surface area contributed by atoms with Crippen LogP contribution in [0.5, 0.6) is 0 Å². The molecule has 0 fully saturated rings. The fourth-order valence-corrected chi connectivity index (χ4v) is 2.10. The van der Waals surface area contributed by atoms with Crippen molar-refractivity contribution < 1.29 is 9.18 Å². The quantitative estimate of drug-likeness (QED) is 0.508. The van der Waals surface area contributed by atoms with Gasteiger partial charge in [-0.1, -0.05) is 11.6 Å². The number of nitriles is 1. The molecule has 2 rings (SSSR count). The number of anilines is 1. The molecule has 1 N–H and O–H groups in total. The SMILES string of the molecule is N#C/C(=C/c1cnn(CCCl)c1)C(=O)Nc1ccc(F)c(Cl)c1. The smallest absolute Gasteiger partial charge is 0.266 e. The van der Waals surface area contributed by atoms with Gasteiger partial charge in [-0.05, 0) is 24.3 Å². The van der Waals surface area contributed by atoms with Crippen molar-refractivity contribution in [2.24, 2.45) is 0 Å². The maximum absolute atomic E-state index is 13.1. The van der Waals surface area contributed by atoms with Crippen LogP contribution in [0.4, 0.5) is 10.1 Å². The van der Waals surface area contributed by atoms with Gasteiger partial charge in [-0.3, -0.25) is 9.48 Å². The molecule has 0 saturated carbocycles. The van der Waals surface area contributed by atoms with Crippen molar-refractivity contribution in [3.05, 3.63) is 52.6 Å². The second-order valence-electron chi connectivity index (χ2n) is 4.48. The molecule has 0 bridgehead atoms. The van der Waals surface area contributed by atoms with Crippen LogP contribution in [0.15, 0.2) is 36.2 Å². The first-order valence-electron chi connectivity index (χ1n) is 6.50. The van der Waals surface area contributed by atoms with Crippen LogP contribution in [0.1, 0.15) is 5.56 Å². The Labute approximate surface area is 141 Å². The fourth-order valence-electron chi connectivity index (χ4n) is 1.75. The Morgan fingerprint density at radius 1 is 1.52 bits per heavy atom. The van der Waals surface area contributed by atoms with Crippen LogP contribution in [0.25, 0.3) is 6.08 Å². The minimum atomic E-state index is -0.625. The van der Waals surface area contributed by atoms with Gasteiger partial charge in [0.2, 0.25) is 0 Å². The van der Waals surface area contributed by atoms with E-state index in [4.69, 9.17) is 28.5 Å². The molecule has 2 aromatic rings. The average Bonchev–Trinajstić information content (AvgIpc) is 2.96. The Morgan fingerprint density at radius 3 is 2.96 bits per heavy atom. The van der Waals surface area contributed by atoms with Crippen molar-refractivity contribution in [2.45, 2.75) is 6.54 Å². The van der Waals surface area contributed by atoms with E-state index in [1.54, 1.807) is 10.9 Å². The van der Waals surface area contributed by atoms with Gasteiger partial charge in [-0.15, -0.1) is 11.6 Å². The summed E-state index contributed by atoms with van der Waals surface area (Å²) < 4.78 is 14.7. The van der Waals surface area contributed by atoms with E-state index in [-0.39, 0.29) is 10.6 Å². The predicted octanol–water partition coefficient (Wildman–Crippen LogP) is 3.46. The van der Waals surface area contributed by atoms with Crippen molar-refractivity contribution in [3.8, 4) is 6.07 Å². The van der Waals surface area contributed by atoms with Gasteiger partial charge in [-0.2, -0.15) is 10.4 Å². The number of carbonyl (C=O) groups is 1. The first kappa shape index (κ1) is 17.0. The second-order valence-corrected chi connectivity index (χ2v) is 5.26. The van der Waals surface area contributed by atoms with Gasteiger partial charge >= 0.3 is 0 Å². The number of aryl methyl sites for hydroxylation is 1. The van der Waals surface area contributed by atoms with E-state index in [9.17, 15) is 9.18 Å². The number of aromatic nitrogens is 2. The van der Waals surface area contributed by atoms with Gasteiger partial charge in [0, 0.05) is 23.3 Å². The molecule has 5 nitrogen and oxygen atoms in total. The maximum Gasteiger partial charge on any atom is 0.266 e. The number of amides is 1. The van der Waals surface area contributed by atoms with Gasteiger partial charge in [0.05, 0.1) is 17.8 Å². The molecule has 8 heteroatoms. The third kappa shape index (κ3) is 4.55. The number of benzene rings is 1. The summed E-state index contributed by atoms with van der Waals surface area (Å²) in [6.07, 6.45) is 4.59. The summed E-state index contributed by atoms with van der Waals surface area (Å²) in [6.45, 7) is 0.525. The number of nitrogens with zero attached hydrogens (tertiary/aromatic N) is 3. The summed E-state index contributed by atoms with van der Waals surface area (Å²) >= 11 is 11.3. The average molecular weight is 353 g/mol. The van der Waals surface area contributed by atoms with Crippen LogP contribution in [-0.2, 0) is 11.3 Å². The first-order chi connectivity index (χ1) is 11.0. The van der Waals surface area contributed by atoms with Crippen molar-refractivity contribution in [1.29, 1.82) is 5.26 Å². The van der Waals surface area contributed by atoms with E-state index in [0.29, 0.717) is 23.7 Å². The Kier molecular flexibility index (Phi) is 5.74. The number of halogens is 3. The zero-order valence-corrected chi connectivity index (χ0v) is 13.3. The Bertz CT molecular complexity index is 795. The molecular formula is C15H11Cl2FN4O. The molecule has 0 saturated heterocycles. The largest absolute Gasteiger partial charge is 0.321 e. The normalized spacial score (nSPS) is 11.1. The molecule has 1 aromatic carbocycles. The van der Waals surface area contributed by atoms with Crippen molar-refractivity contribution >= 4 is 40.9 Å². The molecule has 0 radical (unpaired) electrons. The lowest BCUT2D eigenvalue weighted by Gasteiger charge is -2.04. The number of alkyl halides is 1. The molecule has 0 aliphatic rings. The number of rotatable bonds is 5. The molecule has 1 amide bonds. The second kappa shape index (κ2) is 7.77. The predicted molar refractivity (Wildman–Crippen MR) is 86.6 cm³/mol. The number of nitrogens with one attached hydrogen (secondary N) is 1. The highest BCUT2D eigenvalue weighted by atomic mass is 35.5. The minimum absolute atomic E-state index is 0.115. The lowest BCUT2D eigenvalue weighted by molar-refractivity contribution is -0.112. The fraction of sp³-hybridized carbons (Fsp3) is 0.133. The van der Waals surface area contributed by atoms with Crippen LogP contribution in [-0.4, -0.2) is 21.6 Å². The molecule has 0 atom stereocenters. The van der Waals surface area contributed by atoms with E-state index in [1.165, 1.54) is 24.4 Å². The van der Waals surface area contributed by atoms with Crippen LogP contribution in [0.2, 0.25) is 5.02 Å². The summed E-state index contributed by atoms with van der Waals surface area (Å²) in [4.78, 5) is 12.1. The maximum atomic E-state index is 13.1. The van der Waals surface area contributed by atoms with Crippen LogP contribution < -0.4 is 5.32 Å². The third-order valence-electron chi connectivity index (χ3n) is 2.82. The highest BCUT2D eigenvalue weighted by molar-refractivity contribution is 6.31. The summed E-state index contributed by atoms with van der Waals surface area (Å²) in [5.41, 5.74) is 0.773. The highest BCUT2D eigenvalue weighted by Crippen LogP contribution is 2.20. The van der Waals surface area contributed by atoms with Crippen LogP contribution in [0, 0.1) is 17.1 Å². The molecule has 0 unspecified atom stereocenters. The Morgan fingerprint density at radius 2 is 2.30 bits per heavy atom. The molecule has 118 valence electrons. The zero-order chi connectivity index (χ0) is 16.8. The summed E-state index contributed by atoms with van der Waals surface area (Å²) in [7, 11) is 0. The molecule has 1 heterocycles. The molecule has 0 spiro atoms. The first-order valence-corrected chi connectivity index (χ1v) is 7.41. The van der Waals surface area contributed by atoms with Crippen LogP contribution in [0.3, 0.4) is 0 Å². The number of carbonyl (C=O) groups excluding carboxylic acids is 1. The van der Waals surface area contributed by atoms with Gasteiger partial charge < -0.3 is 5.32 Å². The minimum Gasteiger partial charge on any atom is -0.321 e. The van der Waals surface area contributed by atoms with Crippen LogP contribution >= 0.6 is 23.2 Å². The molecule has 1 aromatic heterocycles. The van der Waals surface area contributed by atoms with E-state index in [0.717, 1.165) is 6.07 Å². The molecule has 0 aliphatic heterocycles. The highest BCUT2D eigenvalue weighted by Gasteiger charge is 2.11. The summed E-state index contributed by atoms with van der Waals surface area (Å²) in [5.74, 6) is -0.811. The summed E-state index contributed by atoms with van der Waals surface area (Å²) in [6, 6.07) is 5.57. The van der Waals surface area contributed by atoms with Gasteiger partial charge in [0.1, 0.15) is 17.5 Å². The van der Waals surface area contributed by atoms with E-state index in [2.05, 4.69) is 10.4 Å². The Balaban J connectivity index is 2.15. The monoisotopic (exact) mass is 352 g/mol. The number of hydrogen-bond acceptors (Lipinski definition) is 3. The van der Waals surface area contributed by atoms with Gasteiger partial charge in [0.25, 0.3) is 5.91 Å². The van der Waals surface area contributed by atoms with Gasteiger partial charge in [-0.25, -0.2) is 4.39 Å². The zero-order valence-electron chi connectivity index (χ0n) is 11.8. The molecule has 23 heavy (non-hydrogen) atoms. The van der Waals surface area contributed by atoms with Gasteiger partial charge in [0.15, 0.2) is 0 Å². The van der Waals surface area contributed by atoms with Crippen molar-refractivity contribution in [2.75, 3.05) is 11.2 Å². The Hall–Kier alpha value is -2.36. The topological polar surface area (TPSA) is 70.7 Å². The van der Waals surface area contributed by atoms with Crippen molar-refractivity contribution in [1.82, 2.24) is 9.78 Å².